The summed E-state index contributed by atoms with van der Waals surface area (Å²) >= 11 is 12.5. The highest BCUT2D eigenvalue weighted by Crippen LogP contribution is 2.36. The first kappa shape index (κ1) is 20.0. The molecule has 2 aromatic rings. The number of halogens is 3. The molecule has 1 saturated heterocycles. The van der Waals surface area contributed by atoms with Crippen LogP contribution in [0.15, 0.2) is 22.7 Å². The van der Waals surface area contributed by atoms with Crippen LogP contribution < -0.4 is 10.6 Å². The zero-order valence-electron chi connectivity index (χ0n) is 13.9. The van der Waals surface area contributed by atoms with Crippen LogP contribution in [0.4, 0.5) is 0 Å². The van der Waals surface area contributed by atoms with Crippen LogP contribution in [0.2, 0.25) is 10.0 Å². The number of aryl methyl sites for hydroxylation is 1. The van der Waals surface area contributed by atoms with E-state index < -0.39 is 0 Å². The number of hydrogen-bond acceptors (Lipinski definition) is 4. The van der Waals surface area contributed by atoms with E-state index in [1.54, 1.807) is 25.1 Å². The van der Waals surface area contributed by atoms with Crippen LogP contribution in [0.25, 0.3) is 11.3 Å². The number of piperidine rings is 1. The van der Waals surface area contributed by atoms with Gasteiger partial charge in [-0.25, -0.2) is 0 Å². The number of aromatic nitrogens is 1. The van der Waals surface area contributed by atoms with E-state index in [0.717, 1.165) is 19.4 Å². The maximum atomic E-state index is 12.8. The minimum atomic E-state index is -0.209. The molecule has 0 aliphatic carbocycles. The predicted octanol–water partition coefficient (Wildman–Crippen LogP) is 4.25. The summed E-state index contributed by atoms with van der Waals surface area (Å²) in [5.74, 6) is 0.235. The Kier molecular flexibility index (Phi) is 6.74. The van der Waals surface area contributed by atoms with Crippen LogP contribution in [0, 0.1) is 6.92 Å². The van der Waals surface area contributed by atoms with Crippen LogP contribution in [-0.4, -0.2) is 29.7 Å². The Balaban J connectivity index is 0.00000225. The van der Waals surface area contributed by atoms with E-state index >= 15 is 0 Å². The summed E-state index contributed by atoms with van der Waals surface area (Å²) in [6.45, 7) is 4.71. The van der Waals surface area contributed by atoms with Gasteiger partial charge in [0.2, 0.25) is 0 Å². The van der Waals surface area contributed by atoms with Crippen molar-refractivity contribution in [1.82, 2.24) is 15.8 Å². The first-order valence-electron chi connectivity index (χ1n) is 7.92. The molecular formula is C17H20Cl3N3O2. The number of carbonyl (C=O) groups excluding carboxylic acids is 1. The summed E-state index contributed by atoms with van der Waals surface area (Å²) in [5.41, 5.74) is 1.28. The molecule has 0 spiro atoms. The van der Waals surface area contributed by atoms with Gasteiger partial charge in [-0.3, -0.25) is 4.79 Å². The average Bonchev–Trinajstić information content (AvgIpc) is 2.89. The molecule has 1 aromatic carbocycles. The lowest BCUT2D eigenvalue weighted by Crippen LogP contribution is -2.46. The summed E-state index contributed by atoms with van der Waals surface area (Å²) in [6.07, 6.45) is 1.78. The maximum Gasteiger partial charge on any atom is 0.257 e. The van der Waals surface area contributed by atoms with Gasteiger partial charge in [0, 0.05) is 17.6 Å². The minimum absolute atomic E-state index is 0. The van der Waals surface area contributed by atoms with Crippen molar-refractivity contribution in [2.24, 2.45) is 0 Å². The number of amides is 1. The fourth-order valence-corrected chi connectivity index (χ4v) is 3.63. The van der Waals surface area contributed by atoms with Gasteiger partial charge >= 0.3 is 0 Å². The van der Waals surface area contributed by atoms with E-state index in [2.05, 4.69) is 22.7 Å². The van der Waals surface area contributed by atoms with Gasteiger partial charge in [-0.2, -0.15) is 0 Å². The molecule has 1 aliphatic rings. The monoisotopic (exact) mass is 403 g/mol. The van der Waals surface area contributed by atoms with Crippen LogP contribution in [-0.2, 0) is 0 Å². The van der Waals surface area contributed by atoms with Gasteiger partial charge in [-0.15, -0.1) is 12.4 Å². The molecule has 2 N–H and O–H groups in total. The number of nitrogens with one attached hydrogen (secondary N) is 2. The van der Waals surface area contributed by atoms with Crippen LogP contribution in [0.1, 0.15) is 35.9 Å². The molecule has 2 heterocycles. The van der Waals surface area contributed by atoms with Crippen molar-refractivity contribution in [2.45, 2.75) is 38.8 Å². The van der Waals surface area contributed by atoms with Crippen LogP contribution in [0.3, 0.4) is 0 Å². The molecule has 0 bridgehead atoms. The largest absolute Gasteiger partial charge is 0.360 e. The first-order valence-corrected chi connectivity index (χ1v) is 8.68. The zero-order chi connectivity index (χ0) is 17.3. The highest BCUT2D eigenvalue weighted by Gasteiger charge is 2.27. The number of nitrogens with zero attached hydrogens (tertiary/aromatic N) is 1. The van der Waals surface area contributed by atoms with Crippen LogP contribution in [0.5, 0.6) is 0 Å². The fourth-order valence-electron chi connectivity index (χ4n) is 3.05. The molecule has 8 heteroatoms. The quantitative estimate of drug-likeness (QED) is 0.802. The fraction of sp³-hybridized carbons (Fsp3) is 0.412. The van der Waals surface area contributed by atoms with Gasteiger partial charge in [0.25, 0.3) is 5.91 Å². The Morgan fingerprint density at radius 1 is 1.36 bits per heavy atom. The average molecular weight is 405 g/mol. The van der Waals surface area contributed by atoms with Crippen molar-refractivity contribution in [3.8, 4) is 11.3 Å². The summed E-state index contributed by atoms with van der Waals surface area (Å²) in [6, 6.07) is 5.67. The molecule has 25 heavy (non-hydrogen) atoms. The molecule has 1 aromatic heterocycles. The lowest BCUT2D eigenvalue weighted by atomic mass is 9.99. The second-order valence-corrected chi connectivity index (χ2v) is 6.92. The molecule has 2 unspecified atom stereocenters. The van der Waals surface area contributed by atoms with Gasteiger partial charge in [-0.05, 0) is 45.4 Å². The number of benzene rings is 1. The molecule has 3 rings (SSSR count). The van der Waals surface area contributed by atoms with Crippen molar-refractivity contribution in [1.29, 1.82) is 0 Å². The second kappa shape index (κ2) is 8.41. The Bertz CT molecular complexity index is 743. The van der Waals surface area contributed by atoms with E-state index in [1.165, 1.54) is 0 Å². The lowest BCUT2D eigenvalue weighted by Gasteiger charge is -2.28. The number of rotatable bonds is 3. The Morgan fingerprint density at radius 3 is 2.68 bits per heavy atom. The predicted molar refractivity (Wildman–Crippen MR) is 102 cm³/mol. The lowest BCUT2D eigenvalue weighted by molar-refractivity contribution is 0.0924. The molecule has 1 amide bonds. The van der Waals surface area contributed by atoms with Crippen LogP contribution >= 0.6 is 35.6 Å². The topological polar surface area (TPSA) is 67.2 Å². The van der Waals surface area contributed by atoms with Crippen molar-refractivity contribution >= 4 is 41.5 Å². The molecule has 0 radical (unpaired) electrons. The second-order valence-electron chi connectivity index (χ2n) is 6.11. The molecule has 136 valence electrons. The van der Waals surface area contributed by atoms with Gasteiger partial charge in [0.1, 0.15) is 17.0 Å². The highest BCUT2D eigenvalue weighted by molar-refractivity contribution is 6.39. The van der Waals surface area contributed by atoms with Gasteiger partial charge in [0.15, 0.2) is 0 Å². The Hall–Kier alpha value is -1.27. The van der Waals surface area contributed by atoms with E-state index in [9.17, 15) is 4.79 Å². The van der Waals surface area contributed by atoms with Crippen molar-refractivity contribution in [3.05, 3.63) is 39.6 Å². The third-order valence-electron chi connectivity index (χ3n) is 4.25. The van der Waals surface area contributed by atoms with E-state index in [1.807, 2.05) is 0 Å². The molecular weight excluding hydrogens is 385 g/mol. The SMILES string of the molecule is Cc1onc(-c2c(Cl)cccc2Cl)c1C(=O)NC1CCNC(C)C1.Cl. The third kappa shape index (κ3) is 4.29. The van der Waals surface area contributed by atoms with Gasteiger partial charge in [0.05, 0.1) is 10.0 Å². The number of carbonyl (C=O) groups is 1. The molecule has 2 atom stereocenters. The van der Waals surface area contributed by atoms with E-state index in [-0.39, 0.29) is 24.4 Å². The van der Waals surface area contributed by atoms with E-state index in [4.69, 9.17) is 27.7 Å². The van der Waals surface area contributed by atoms with Crippen molar-refractivity contribution in [3.63, 3.8) is 0 Å². The van der Waals surface area contributed by atoms with E-state index in [0.29, 0.717) is 38.7 Å². The highest BCUT2D eigenvalue weighted by atomic mass is 35.5. The Labute approximate surface area is 162 Å². The summed E-state index contributed by atoms with van der Waals surface area (Å²) in [7, 11) is 0. The molecule has 1 fully saturated rings. The maximum absolute atomic E-state index is 12.8. The standard InChI is InChI=1S/C17H19Cl2N3O2.ClH/c1-9-8-11(6-7-20-9)21-17(23)14-10(2)24-22-16(14)15-12(18)4-3-5-13(15)19;/h3-5,9,11,20H,6-8H2,1-2H3,(H,21,23);1H. The van der Waals surface area contributed by atoms with Crippen molar-refractivity contribution in [2.75, 3.05) is 6.54 Å². The third-order valence-corrected chi connectivity index (χ3v) is 4.88. The summed E-state index contributed by atoms with van der Waals surface area (Å²) in [5, 5.41) is 11.3. The van der Waals surface area contributed by atoms with Crippen molar-refractivity contribution < 1.29 is 9.32 Å². The molecule has 1 aliphatic heterocycles. The first-order chi connectivity index (χ1) is 11.5. The number of hydrogen-bond donors (Lipinski definition) is 2. The Morgan fingerprint density at radius 2 is 2.04 bits per heavy atom. The van der Waals surface area contributed by atoms with Gasteiger partial charge in [-0.1, -0.05) is 34.4 Å². The molecule has 0 saturated carbocycles. The minimum Gasteiger partial charge on any atom is -0.360 e. The van der Waals surface area contributed by atoms with Gasteiger partial charge < -0.3 is 15.2 Å². The smallest absolute Gasteiger partial charge is 0.257 e. The zero-order valence-corrected chi connectivity index (χ0v) is 16.3. The molecule has 5 nitrogen and oxygen atoms in total. The summed E-state index contributed by atoms with van der Waals surface area (Å²) in [4.78, 5) is 12.8. The normalized spacial score (nSPS) is 20.0. The summed E-state index contributed by atoms with van der Waals surface area (Å²) < 4.78 is 5.25.